The van der Waals surface area contributed by atoms with Crippen LogP contribution in [0.25, 0.3) is 0 Å². The topological polar surface area (TPSA) is 138 Å². The van der Waals surface area contributed by atoms with Crippen LogP contribution in [-0.4, -0.2) is 60.3 Å². The van der Waals surface area contributed by atoms with Gasteiger partial charge in [-0.25, -0.2) is 17.8 Å². The first-order valence-electron chi connectivity index (χ1n) is 7.55. The molecule has 1 aromatic heterocycles. The molecule has 1 fully saturated rings. The molecule has 0 bridgehead atoms. The van der Waals surface area contributed by atoms with Gasteiger partial charge in [-0.3, -0.25) is 14.9 Å². The van der Waals surface area contributed by atoms with Gasteiger partial charge in [0.2, 0.25) is 15.0 Å². The molecule has 2 N–H and O–H groups in total. The van der Waals surface area contributed by atoms with Crippen molar-refractivity contribution in [2.24, 2.45) is 0 Å². The molecule has 0 spiro atoms. The third kappa shape index (κ3) is 3.15. The number of halogens is 1. The van der Waals surface area contributed by atoms with Gasteiger partial charge in [-0.1, -0.05) is 0 Å². The highest BCUT2D eigenvalue weighted by atomic mass is 32.2. The molecule has 1 saturated heterocycles. The molecule has 0 unspecified atom stereocenters. The molecule has 10 nitrogen and oxygen atoms in total. The fourth-order valence-corrected chi connectivity index (χ4v) is 3.83. The van der Waals surface area contributed by atoms with Crippen LogP contribution in [0.1, 0.15) is 10.4 Å². The molecule has 0 saturated carbocycles. The van der Waals surface area contributed by atoms with E-state index in [1.165, 1.54) is 17.3 Å². The molecular weight excluding hydrogens is 369 g/mol. The van der Waals surface area contributed by atoms with Crippen LogP contribution in [0.15, 0.2) is 34.6 Å². The Balaban J connectivity index is 2.13. The zero-order chi connectivity index (χ0) is 18.9. The van der Waals surface area contributed by atoms with E-state index >= 15 is 0 Å². The van der Waals surface area contributed by atoms with Crippen molar-refractivity contribution >= 4 is 21.4 Å². The average molecular weight is 383 g/mol. The van der Waals surface area contributed by atoms with Gasteiger partial charge in [0.1, 0.15) is 16.3 Å². The number of piperazine rings is 1. The van der Waals surface area contributed by atoms with Crippen molar-refractivity contribution in [3.8, 4) is 0 Å². The maximum Gasteiger partial charge on any atom is 0.285 e. The van der Waals surface area contributed by atoms with Crippen molar-refractivity contribution in [1.29, 1.82) is 0 Å². The Morgan fingerprint density at radius 3 is 2.58 bits per heavy atom. The highest BCUT2D eigenvalue weighted by Crippen LogP contribution is 2.29. The molecule has 1 amide bonds. The zero-order valence-corrected chi connectivity index (χ0v) is 14.1. The number of hydrogen-bond donors (Lipinski definition) is 2. The number of H-pyrrole nitrogens is 1. The molecule has 0 aliphatic carbocycles. The van der Waals surface area contributed by atoms with Crippen LogP contribution in [0.4, 0.5) is 10.1 Å². The molecule has 26 heavy (non-hydrogen) atoms. The average Bonchev–Trinajstić information content (AvgIpc) is 3.17. The summed E-state index contributed by atoms with van der Waals surface area (Å²) in [7, 11) is -4.40. The lowest BCUT2D eigenvalue weighted by Crippen LogP contribution is -2.46. The molecule has 3 rings (SSSR count). The van der Waals surface area contributed by atoms with Crippen molar-refractivity contribution < 1.29 is 22.5 Å². The quantitative estimate of drug-likeness (QED) is 0.573. The Hall–Kier alpha value is -2.86. The summed E-state index contributed by atoms with van der Waals surface area (Å²) < 4.78 is 39.3. The first-order chi connectivity index (χ1) is 12.3. The van der Waals surface area contributed by atoms with E-state index in [9.17, 15) is 27.7 Å². The number of imidazole rings is 1. The van der Waals surface area contributed by atoms with Crippen LogP contribution in [0.3, 0.4) is 0 Å². The van der Waals surface area contributed by atoms with Crippen LogP contribution in [-0.2, 0) is 9.84 Å². The van der Waals surface area contributed by atoms with E-state index in [0.29, 0.717) is 38.3 Å². The number of hydrogen-bond acceptors (Lipinski definition) is 7. The lowest BCUT2D eigenvalue weighted by molar-refractivity contribution is -0.385. The van der Waals surface area contributed by atoms with Gasteiger partial charge in [0.25, 0.3) is 11.6 Å². The van der Waals surface area contributed by atoms with E-state index in [4.69, 9.17) is 0 Å². The minimum atomic E-state index is -4.40. The van der Waals surface area contributed by atoms with E-state index in [1.807, 2.05) is 0 Å². The summed E-state index contributed by atoms with van der Waals surface area (Å²) in [5.74, 6) is -2.06. The normalized spacial score (nSPS) is 15.0. The maximum absolute atomic E-state index is 14.3. The number of benzene rings is 1. The molecule has 0 radical (unpaired) electrons. The maximum atomic E-state index is 14.3. The molecule has 1 aromatic carbocycles. The third-order valence-corrected chi connectivity index (χ3v) is 5.52. The number of aromatic amines is 1. The lowest BCUT2D eigenvalue weighted by Gasteiger charge is -2.27. The SMILES string of the molecule is O=C(c1cc(S(=O)(=O)c2ncc[nH]2)c(F)cc1[N+](=O)[O-])N1CCNCC1. The minimum Gasteiger partial charge on any atom is -0.336 e. The fraction of sp³-hybridized carbons (Fsp3) is 0.286. The molecular formula is C14H14FN5O5S. The summed E-state index contributed by atoms with van der Waals surface area (Å²) in [5, 5.41) is 13.7. The van der Waals surface area contributed by atoms with Gasteiger partial charge in [0, 0.05) is 38.6 Å². The Bertz CT molecular complexity index is 954. The lowest BCUT2D eigenvalue weighted by atomic mass is 10.1. The molecule has 12 heteroatoms. The number of nitro groups is 1. The van der Waals surface area contributed by atoms with Crippen LogP contribution in [0.5, 0.6) is 0 Å². The number of rotatable bonds is 4. The Morgan fingerprint density at radius 2 is 2.00 bits per heavy atom. The van der Waals surface area contributed by atoms with Crippen molar-refractivity contribution in [3.63, 3.8) is 0 Å². The van der Waals surface area contributed by atoms with Gasteiger partial charge in [0.15, 0.2) is 0 Å². The number of carbonyl (C=O) groups excluding carboxylic acids is 1. The Kier molecular flexibility index (Phi) is 4.70. The predicted molar refractivity (Wildman–Crippen MR) is 85.9 cm³/mol. The van der Waals surface area contributed by atoms with Crippen molar-refractivity contribution in [2.45, 2.75) is 10.1 Å². The number of sulfone groups is 1. The Labute approximate surface area is 147 Å². The van der Waals surface area contributed by atoms with Gasteiger partial charge in [-0.2, -0.15) is 0 Å². The molecule has 1 aliphatic rings. The van der Waals surface area contributed by atoms with E-state index in [2.05, 4.69) is 15.3 Å². The van der Waals surface area contributed by atoms with Crippen molar-refractivity contribution in [2.75, 3.05) is 26.2 Å². The summed E-state index contributed by atoms with van der Waals surface area (Å²) in [4.78, 5) is 29.4. The van der Waals surface area contributed by atoms with Gasteiger partial charge in [-0.05, 0) is 6.07 Å². The van der Waals surface area contributed by atoms with Gasteiger partial charge in [-0.15, -0.1) is 0 Å². The molecule has 138 valence electrons. The highest BCUT2D eigenvalue weighted by molar-refractivity contribution is 7.91. The van der Waals surface area contributed by atoms with Gasteiger partial charge >= 0.3 is 0 Å². The number of nitro benzene ring substituents is 1. The van der Waals surface area contributed by atoms with Crippen molar-refractivity contribution in [1.82, 2.24) is 20.2 Å². The van der Waals surface area contributed by atoms with Gasteiger partial charge < -0.3 is 15.2 Å². The summed E-state index contributed by atoms with van der Waals surface area (Å²) >= 11 is 0. The highest BCUT2D eigenvalue weighted by Gasteiger charge is 2.32. The Morgan fingerprint density at radius 1 is 1.31 bits per heavy atom. The number of nitrogens with one attached hydrogen (secondary N) is 2. The number of nitrogens with zero attached hydrogens (tertiary/aromatic N) is 3. The van der Waals surface area contributed by atoms with E-state index in [1.54, 1.807) is 0 Å². The minimum absolute atomic E-state index is 0.299. The summed E-state index contributed by atoms with van der Waals surface area (Å²) in [6.07, 6.45) is 2.41. The standard InChI is InChI=1S/C14H14FN5O5S/c15-10-8-11(20(22)23)9(13(21)19-5-3-16-4-6-19)7-12(10)26(24,25)14-17-1-2-18-14/h1-2,7-8,16H,3-6H2,(H,17,18). The second-order valence-electron chi connectivity index (χ2n) is 5.50. The zero-order valence-electron chi connectivity index (χ0n) is 13.3. The molecule has 2 aromatic rings. The van der Waals surface area contributed by atoms with Crippen LogP contribution < -0.4 is 5.32 Å². The first-order valence-corrected chi connectivity index (χ1v) is 9.03. The molecule has 0 atom stereocenters. The van der Waals surface area contributed by atoms with Crippen LogP contribution in [0.2, 0.25) is 0 Å². The van der Waals surface area contributed by atoms with E-state index in [-0.39, 0.29) is 0 Å². The second-order valence-corrected chi connectivity index (χ2v) is 7.33. The number of aromatic nitrogens is 2. The van der Waals surface area contributed by atoms with Crippen LogP contribution in [0, 0.1) is 15.9 Å². The summed E-state index contributed by atoms with van der Waals surface area (Å²) in [6.45, 7) is 1.60. The third-order valence-electron chi connectivity index (χ3n) is 3.90. The second kappa shape index (κ2) is 6.80. The van der Waals surface area contributed by atoms with Crippen molar-refractivity contribution in [3.05, 3.63) is 46.0 Å². The summed E-state index contributed by atoms with van der Waals surface area (Å²) in [5.41, 5.74) is -1.27. The molecule has 1 aliphatic heterocycles. The first kappa shape index (κ1) is 17.9. The van der Waals surface area contributed by atoms with Gasteiger partial charge in [0.05, 0.1) is 11.0 Å². The largest absolute Gasteiger partial charge is 0.336 e. The fourth-order valence-electron chi connectivity index (χ4n) is 2.61. The smallest absolute Gasteiger partial charge is 0.285 e. The van der Waals surface area contributed by atoms with E-state index < -0.39 is 47.8 Å². The molecule has 2 heterocycles. The predicted octanol–water partition coefficient (Wildman–Crippen LogP) is 0.335. The number of carbonyl (C=O) groups is 1. The van der Waals surface area contributed by atoms with E-state index in [0.717, 1.165) is 0 Å². The number of amides is 1. The van der Waals surface area contributed by atoms with Crippen LogP contribution >= 0.6 is 0 Å². The monoisotopic (exact) mass is 383 g/mol. The summed E-state index contributed by atoms with van der Waals surface area (Å²) in [6, 6.07) is 1.15.